The van der Waals surface area contributed by atoms with Crippen LogP contribution in [0.25, 0.3) is 0 Å². The van der Waals surface area contributed by atoms with Gasteiger partial charge in [0.1, 0.15) is 10.6 Å². The van der Waals surface area contributed by atoms with Crippen LogP contribution in [0.1, 0.15) is 0 Å². The number of ether oxygens (including phenoxy) is 1. The van der Waals surface area contributed by atoms with Crippen LogP contribution in [-0.2, 0) is 20.0 Å². The highest BCUT2D eigenvalue weighted by Crippen LogP contribution is 2.25. The van der Waals surface area contributed by atoms with Gasteiger partial charge in [-0.05, 0) is 18.2 Å². The van der Waals surface area contributed by atoms with E-state index in [1.165, 1.54) is 25.3 Å². The molecule has 0 aromatic heterocycles. The van der Waals surface area contributed by atoms with Crippen molar-refractivity contribution in [3.8, 4) is 5.75 Å². The second kappa shape index (κ2) is 6.39. The van der Waals surface area contributed by atoms with E-state index in [4.69, 9.17) is 10.5 Å². The fourth-order valence-electron chi connectivity index (χ4n) is 1.40. The molecule has 10 heteroatoms. The third-order valence-corrected chi connectivity index (χ3v) is 4.47. The van der Waals surface area contributed by atoms with E-state index in [1.54, 1.807) is 0 Å². The van der Waals surface area contributed by atoms with Gasteiger partial charge in [0, 0.05) is 18.8 Å². The van der Waals surface area contributed by atoms with Crippen molar-refractivity contribution in [2.75, 3.05) is 32.2 Å². The van der Waals surface area contributed by atoms with Gasteiger partial charge in [-0.1, -0.05) is 0 Å². The highest BCUT2D eigenvalue weighted by atomic mass is 32.2. The van der Waals surface area contributed by atoms with E-state index in [0.717, 1.165) is 6.26 Å². The molecule has 1 aromatic carbocycles. The normalized spacial score (nSPS) is 12.3. The lowest BCUT2D eigenvalue weighted by Crippen LogP contribution is -2.34. The van der Waals surface area contributed by atoms with E-state index in [-0.39, 0.29) is 29.4 Å². The van der Waals surface area contributed by atoms with E-state index in [2.05, 4.69) is 9.44 Å². The maximum atomic E-state index is 12.1. The average molecular weight is 323 g/mol. The standard InChI is InChI=1S/C10H17N3O5S2/c1-18-9-4-3-8(11)7-10(9)20(16,17)13-6-5-12-19(2,14)15/h3-4,7,12-13H,5-6,11H2,1-2H3. The Kier molecular flexibility index (Phi) is 5.34. The summed E-state index contributed by atoms with van der Waals surface area (Å²) in [5.74, 6) is 0.155. The number of nitrogens with two attached hydrogens (primary N) is 1. The fourth-order valence-corrected chi connectivity index (χ4v) is 3.11. The number of hydrogen-bond donors (Lipinski definition) is 3. The maximum Gasteiger partial charge on any atom is 0.244 e. The van der Waals surface area contributed by atoms with E-state index in [1.807, 2.05) is 0 Å². The van der Waals surface area contributed by atoms with Crippen molar-refractivity contribution in [2.24, 2.45) is 0 Å². The number of nitrogen functional groups attached to an aromatic ring is 1. The smallest absolute Gasteiger partial charge is 0.244 e. The Bertz CT molecular complexity index is 670. The fraction of sp³-hybridized carbons (Fsp3) is 0.400. The molecule has 0 aliphatic rings. The summed E-state index contributed by atoms with van der Waals surface area (Å²) in [6.45, 7) is -0.143. The first-order valence-corrected chi connectivity index (χ1v) is 8.91. The number of benzene rings is 1. The molecular weight excluding hydrogens is 306 g/mol. The minimum atomic E-state index is -3.83. The van der Waals surface area contributed by atoms with Crippen molar-refractivity contribution in [3.63, 3.8) is 0 Å². The molecule has 114 valence electrons. The summed E-state index contributed by atoms with van der Waals surface area (Å²) in [6.07, 6.45) is 0.989. The highest BCUT2D eigenvalue weighted by Gasteiger charge is 2.19. The number of hydrogen-bond acceptors (Lipinski definition) is 6. The van der Waals surface area contributed by atoms with E-state index in [9.17, 15) is 16.8 Å². The molecule has 0 aliphatic heterocycles. The molecule has 0 aliphatic carbocycles. The van der Waals surface area contributed by atoms with E-state index < -0.39 is 20.0 Å². The molecule has 4 N–H and O–H groups in total. The summed E-state index contributed by atoms with van der Waals surface area (Å²) in [5.41, 5.74) is 5.83. The Hall–Kier alpha value is -1.36. The zero-order chi connectivity index (χ0) is 15.4. The van der Waals surface area contributed by atoms with Crippen LogP contribution < -0.4 is 19.9 Å². The zero-order valence-electron chi connectivity index (χ0n) is 11.1. The predicted octanol–water partition coefficient (Wildman–Crippen LogP) is -0.895. The largest absolute Gasteiger partial charge is 0.495 e. The topological polar surface area (TPSA) is 128 Å². The molecule has 0 saturated heterocycles. The number of sulfonamides is 2. The second-order valence-corrected chi connectivity index (χ2v) is 7.54. The number of anilines is 1. The maximum absolute atomic E-state index is 12.1. The molecule has 0 fully saturated rings. The molecule has 0 amide bonds. The zero-order valence-corrected chi connectivity index (χ0v) is 12.7. The Morgan fingerprint density at radius 1 is 1.15 bits per heavy atom. The van der Waals surface area contributed by atoms with Gasteiger partial charge >= 0.3 is 0 Å². The van der Waals surface area contributed by atoms with Crippen LogP contribution in [0.3, 0.4) is 0 Å². The van der Waals surface area contributed by atoms with Gasteiger partial charge in [0.05, 0.1) is 13.4 Å². The molecule has 0 saturated carbocycles. The SMILES string of the molecule is COc1ccc(N)cc1S(=O)(=O)NCCNS(C)(=O)=O. The van der Waals surface area contributed by atoms with Crippen LogP contribution in [-0.4, -0.2) is 43.3 Å². The Labute approximate surface area is 118 Å². The van der Waals surface area contributed by atoms with E-state index >= 15 is 0 Å². The lowest BCUT2D eigenvalue weighted by molar-refractivity contribution is 0.402. The average Bonchev–Trinajstić information content (AvgIpc) is 2.33. The molecule has 1 rings (SSSR count). The summed E-state index contributed by atoms with van der Waals surface area (Å²) in [6, 6.07) is 4.23. The summed E-state index contributed by atoms with van der Waals surface area (Å²) in [7, 11) is -5.85. The van der Waals surface area contributed by atoms with Gasteiger partial charge in [-0.2, -0.15) is 0 Å². The third kappa shape index (κ3) is 4.96. The molecular formula is C10H17N3O5S2. The first kappa shape index (κ1) is 16.7. The molecule has 0 unspecified atom stereocenters. The van der Waals surface area contributed by atoms with Crippen LogP contribution in [0.4, 0.5) is 5.69 Å². The van der Waals surface area contributed by atoms with Gasteiger partial charge < -0.3 is 10.5 Å². The first-order valence-electron chi connectivity index (χ1n) is 5.53. The number of nitrogens with one attached hydrogen (secondary N) is 2. The van der Waals surface area contributed by atoms with Crippen molar-refractivity contribution >= 4 is 25.7 Å². The van der Waals surface area contributed by atoms with Crippen molar-refractivity contribution in [3.05, 3.63) is 18.2 Å². The quantitative estimate of drug-likeness (QED) is 0.441. The molecule has 8 nitrogen and oxygen atoms in total. The third-order valence-electron chi connectivity index (χ3n) is 2.26. The molecule has 0 atom stereocenters. The van der Waals surface area contributed by atoms with E-state index in [0.29, 0.717) is 0 Å². The molecule has 0 heterocycles. The van der Waals surface area contributed by atoms with Crippen molar-refractivity contribution < 1.29 is 21.6 Å². The predicted molar refractivity (Wildman–Crippen MR) is 75.4 cm³/mol. The minimum Gasteiger partial charge on any atom is -0.495 e. The summed E-state index contributed by atoms with van der Waals surface area (Å²) in [4.78, 5) is -0.0978. The second-order valence-electron chi connectivity index (χ2n) is 3.97. The van der Waals surface area contributed by atoms with Crippen molar-refractivity contribution in [1.29, 1.82) is 0 Å². The van der Waals surface area contributed by atoms with Gasteiger partial charge in [0.25, 0.3) is 0 Å². The van der Waals surface area contributed by atoms with Crippen molar-refractivity contribution in [1.82, 2.24) is 9.44 Å². The number of methoxy groups -OCH3 is 1. The van der Waals surface area contributed by atoms with Crippen LogP contribution in [0.15, 0.2) is 23.1 Å². The molecule has 0 bridgehead atoms. The molecule has 1 aromatic rings. The van der Waals surface area contributed by atoms with Crippen molar-refractivity contribution in [2.45, 2.75) is 4.90 Å². The lowest BCUT2D eigenvalue weighted by Gasteiger charge is -2.11. The lowest BCUT2D eigenvalue weighted by atomic mass is 10.3. The van der Waals surface area contributed by atoms with Gasteiger partial charge in [-0.3, -0.25) is 0 Å². The van der Waals surface area contributed by atoms with Crippen LogP contribution in [0.5, 0.6) is 5.75 Å². The Balaban J connectivity index is 2.81. The monoisotopic (exact) mass is 323 g/mol. The van der Waals surface area contributed by atoms with Gasteiger partial charge in [-0.15, -0.1) is 0 Å². The van der Waals surface area contributed by atoms with Crippen LogP contribution >= 0.6 is 0 Å². The Morgan fingerprint density at radius 2 is 1.75 bits per heavy atom. The Morgan fingerprint density at radius 3 is 2.30 bits per heavy atom. The first-order chi connectivity index (χ1) is 9.15. The highest BCUT2D eigenvalue weighted by molar-refractivity contribution is 7.89. The number of rotatable bonds is 7. The molecule has 20 heavy (non-hydrogen) atoms. The molecule has 0 spiro atoms. The van der Waals surface area contributed by atoms with Gasteiger partial charge in [-0.25, -0.2) is 26.3 Å². The van der Waals surface area contributed by atoms with Gasteiger partial charge in [0.15, 0.2) is 0 Å². The summed E-state index contributed by atoms with van der Waals surface area (Å²) >= 11 is 0. The van der Waals surface area contributed by atoms with Crippen LogP contribution in [0.2, 0.25) is 0 Å². The molecule has 0 radical (unpaired) electrons. The minimum absolute atomic E-state index is 0.0529. The summed E-state index contributed by atoms with van der Waals surface area (Å²) < 4.78 is 55.2. The summed E-state index contributed by atoms with van der Waals surface area (Å²) in [5, 5.41) is 0. The van der Waals surface area contributed by atoms with Gasteiger partial charge in [0.2, 0.25) is 20.0 Å². The van der Waals surface area contributed by atoms with Crippen LogP contribution in [0, 0.1) is 0 Å².